The van der Waals surface area contributed by atoms with Crippen LogP contribution in [0.2, 0.25) is 18.1 Å². The first-order valence-electron chi connectivity index (χ1n) is 6.83. The fourth-order valence-corrected chi connectivity index (χ4v) is 4.28. The molecule has 0 amide bonds. The van der Waals surface area contributed by atoms with E-state index in [0.29, 0.717) is 5.41 Å². The van der Waals surface area contributed by atoms with Crippen LogP contribution in [0.4, 0.5) is 0 Å². The lowest BCUT2D eigenvalue weighted by molar-refractivity contribution is -0.112. The van der Waals surface area contributed by atoms with Gasteiger partial charge >= 0.3 is 0 Å². The van der Waals surface area contributed by atoms with E-state index in [1.54, 1.807) is 0 Å². The third kappa shape index (κ3) is 5.13. The summed E-state index contributed by atoms with van der Waals surface area (Å²) in [5, 5.41) is 0.177. The van der Waals surface area contributed by atoms with Gasteiger partial charge in [-0.2, -0.15) is 0 Å². The first kappa shape index (κ1) is 17.2. The van der Waals surface area contributed by atoms with Gasteiger partial charge in [0.25, 0.3) is 0 Å². The Morgan fingerprint density at radius 3 is 2.12 bits per heavy atom. The molecular formula is C14H29ClOSi. The zero-order valence-corrected chi connectivity index (χ0v) is 14.2. The Hall–Kier alpha value is 0.177. The summed E-state index contributed by atoms with van der Waals surface area (Å²) >= 11 is 6.29. The van der Waals surface area contributed by atoms with Gasteiger partial charge < -0.3 is 4.79 Å². The zero-order chi connectivity index (χ0) is 13.7. The molecule has 0 fully saturated rings. The minimum Gasteiger partial charge on any atom is -0.304 e. The van der Waals surface area contributed by atoms with Crippen molar-refractivity contribution in [1.29, 1.82) is 0 Å². The molecule has 0 N–H and O–H groups in total. The highest BCUT2D eigenvalue weighted by atomic mass is 35.5. The summed E-state index contributed by atoms with van der Waals surface area (Å²) in [5.41, 5.74) is 0. The van der Waals surface area contributed by atoms with E-state index >= 15 is 0 Å². The van der Waals surface area contributed by atoms with Crippen LogP contribution in [0.3, 0.4) is 0 Å². The lowest BCUT2D eigenvalue weighted by Crippen LogP contribution is -2.49. The van der Waals surface area contributed by atoms with E-state index in [4.69, 9.17) is 11.6 Å². The first-order chi connectivity index (χ1) is 7.64. The van der Waals surface area contributed by atoms with Gasteiger partial charge in [0, 0.05) is 0 Å². The quantitative estimate of drug-likeness (QED) is 0.356. The highest BCUT2D eigenvalue weighted by Gasteiger charge is 2.44. The Labute approximate surface area is 113 Å². The molecule has 0 aliphatic rings. The van der Waals surface area contributed by atoms with E-state index in [1.807, 2.05) is 0 Å². The minimum absolute atomic E-state index is 0.0979. The van der Waals surface area contributed by atoms with Gasteiger partial charge in [0.2, 0.25) is 0 Å². The largest absolute Gasteiger partial charge is 0.304 e. The summed E-state index contributed by atoms with van der Waals surface area (Å²) < 4.78 is 0. The van der Waals surface area contributed by atoms with Crippen molar-refractivity contribution in [2.45, 2.75) is 83.3 Å². The Kier molecular flexibility index (Phi) is 7.01. The number of rotatable bonds is 7. The molecule has 1 nitrogen and oxygen atoms in total. The Morgan fingerprint density at radius 2 is 1.71 bits per heavy atom. The number of carbonyl (C=O) groups excluding carboxylic acids is 1. The predicted octanol–water partition coefficient (Wildman–Crippen LogP) is 5.18. The topological polar surface area (TPSA) is 17.1 Å². The van der Waals surface area contributed by atoms with Crippen molar-refractivity contribution in [3.63, 3.8) is 0 Å². The maximum absolute atomic E-state index is 12.4. The fourth-order valence-electron chi connectivity index (χ4n) is 1.64. The highest BCUT2D eigenvalue weighted by Crippen LogP contribution is 2.38. The van der Waals surface area contributed by atoms with Crippen LogP contribution in [-0.2, 0) is 4.79 Å². The number of hydrogen-bond donors (Lipinski definition) is 0. The van der Waals surface area contributed by atoms with E-state index in [0.717, 1.165) is 12.8 Å². The van der Waals surface area contributed by atoms with E-state index < -0.39 is 8.07 Å². The molecule has 0 saturated heterocycles. The molecule has 0 aliphatic heterocycles. The smallest absolute Gasteiger partial charge is 0.134 e. The Morgan fingerprint density at radius 1 is 1.18 bits per heavy atom. The minimum atomic E-state index is -1.91. The second-order valence-corrected chi connectivity index (χ2v) is 12.3. The molecule has 0 rings (SSSR count). The average molecular weight is 277 g/mol. The third-order valence-corrected chi connectivity index (χ3v) is 10.0. The number of carbonyl (C=O) groups is 1. The molecule has 0 radical (unpaired) electrons. The van der Waals surface area contributed by atoms with Gasteiger partial charge in [0.1, 0.15) is 13.5 Å². The van der Waals surface area contributed by atoms with Crippen LogP contribution in [0.5, 0.6) is 0 Å². The normalized spacial score (nSPS) is 14.8. The molecule has 0 aromatic rings. The van der Waals surface area contributed by atoms with Gasteiger partial charge in [-0.05, 0) is 11.5 Å². The Bertz CT molecular complexity index is 243. The standard InChI is InChI=1S/C14H29ClOSi/c1-7-8-9-10-11-12(15)13(16)17(5,6)14(2,3)4/h12H,7-11H2,1-6H3. The summed E-state index contributed by atoms with van der Waals surface area (Å²) in [5.74, 6) is 0. The molecule has 0 heterocycles. The third-order valence-electron chi connectivity index (χ3n) is 4.09. The SMILES string of the molecule is CCCCCCC(Cl)C(=O)[Si](C)(C)C(C)(C)C. The van der Waals surface area contributed by atoms with Crippen molar-refractivity contribution >= 4 is 25.1 Å². The lowest BCUT2D eigenvalue weighted by Gasteiger charge is -2.36. The Balaban J connectivity index is 4.30. The van der Waals surface area contributed by atoms with Gasteiger partial charge in [-0.15, -0.1) is 11.6 Å². The van der Waals surface area contributed by atoms with Crippen LogP contribution < -0.4 is 0 Å². The number of unbranched alkanes of at least 4 members (excludes halogenated alkanes) is 3. The van der Waals surface area contributed by atoms with Gasteiger partial charge in [0.05, 0.1) is 5.38 Å². The van der Waals surface area contributed by atoms with Gasteiger partial charge in [-0.25, -0.2) is 0 Å². The second kappa shape index (κ2) is 6.94. The molecular weight excluding hydrogens is 248 g/mol. The summed E-state index contributed by atoms with van der Waals surface area (Å²) in [6, 6.07) is 0. The van der Waals surface area contributed by atoms with Crippen molar-refractivity contribution in [3.8, 4) is 0 Å². The molecule has 1 atom stereocenters. The average Bonchev–Trinajstić information content (AvgIpc) is 2.21. The molecule has 0 spiro atoms. The molecule has 0 saturated carbocycles. The molecule has 17 heavy (non-hydrogen) atoms. The molecule has 0 aliphatic carbocycles. The zero-order valence-electron chi connectivity index (χ0n) is 12.4. The highest BCUT2D eigenvalue weighted by molar-refractivity contribution is 7.07. The summed E-state index contributed by atoms with van der Waals surface area (Å²) in [4.78, 5) is 12.4. The summed E-state index contributed by atoms with van der Waals surface area (Å²) in [7, 11) is -1.91. The molecule has 3 heteroatoms. The van der Waals surface area contributed by atoms with Crippen molar-refractivity contribution in [1.82, 2.24) is 0 Å². The van der Waals surface area contributed by atoms with Crippen LogP contribution in [0.15, 0.2) is 0 Å². The summed E-state index contributed by atoms with van der Waals surface area (Å²) in [6.45, 7) is 13.0. The molecule has 0 aromatic heterocycles. The van der Waals surface area contributed by atoms with Gasteiger partial charge in [0.15, 0.2) is 0 Å². The van der Waals surface area contributed by atoms with Gasteiger partial charge in [-0.3, -0.25) is 0 Å². The van der Waals surface area contributed by atoms with Crippen LogP contribution >= 0.6 is 11.6 Å². The van der Waals surface area contributed by atoms with Crippen LogP contribution in [-0.4, -0.2) is 18.9 Å². The summed E-state index contributed by atoms with van der Waals surface area (Å²) in [6.07, 6.45) is 5.61. The maximum atomic E-state index is 12.4. The van der Waals surface area contributed by atoms with E-state index in [2.05, 4.69) is 40.8 Å². The number of halogens is 1. The van der Waals surface area contributed by atoms with Crippen molar-refractivity contribution in [2.75, 3.05) is 0 Å². The second-order valence-electron chi connectivity index (χ2n) is 6.56. The fraction of sp³-hybridized carbons (Fsp3) is 0.929. The molecule has 1 unspecified atom stereocenters. The number of hydrogen-bond acceptors (Lipinski definition) is 1. The molecule has 0 bridgehead atoms. The van der Waals surface area contributed by atoms with E-state index in [9.17, 15) is 4.79 Å². The monoisotopic (exact) mass is 276 g/mol. The maximum Gasteiger partial charge on any atom is 0.134 e. The van der Waals surface area contributed by atoms with Crippen LogP contribution in [0, 0.1) is 0 Å². The van der Waals surface area contributed by atoms with Gasteiger partial charge in [-0.1, -0.05) is 66.5 Å². The van der Waals surface area contributed by atoms with Crippen LogP contribution in [0.25, 0.3) is 0 Å². The molecule has 0 aromatic carbocycles. The molecule has 102 valence electrons. The van der Waals surface area contributed by atoms with Crippen LogP contribution in [0.1, 0.15) is 59.8 Å². The first-order valence-corrected chi connectivity index (χ1v) is 10.3. The van der Waals surface area contributed by atoms with E-state index in [-0.39, 0.29) is 10.4 Å². The number of alkyl halides is 1. The predicted molar refractivity (Wildman–Crippen MR) is 80.6 cm³/mol. The van der Waals surface area contributed by atoms with Crippen molar-refractivity contribution in [2.24, 2.45) is 0 Å². The van der Waals surface area contributed by atoms with Crippen molar-refractivity contribution < 1.29 is 4.79 Å². The lowest BCUT2D eigenvalue weighted by atomic mass is 10.1. The van der Waals surface area contributed by atoms with E-state index in [1.165, 1.54) is 19.3 Å². The van der Waals surface area contributed by atoms with Crippen molar-refractivity contribution in [3.05, 3.63) is 0 Å².